The van der Waals surface area contributed by atoms with E-state index in [-0.39, 0.29) is 12.1 Å². The normalized spacial score (nSPS) is 15.4. The maximum Gasteiger partial charge on any atom is 0.317 e. The second kappa shape index (κ2) is 6.31. The molecular formula is C17H20N2OS. The van der Waals surface area contributed by atoms with Gasteiger partial charge < -0.3 is 10.2 Å². The fraction of sp³-hybridized carbons (Fsp3) is 0.353. The van der Waals surface area contributed by atoms with Gasteiger partial charge in [-0.25, -0.2) is 4.79 Å². The van der Waals surface area contributed by atoms with Crippen molar-refractivity contribution in [1.82, 2.24) is 10.2 Å². The molecule has 0 saturated carbocycles. The molecular weight excluding hydrogens is 280 g/mol. The van der Waals surface area contributed by atoms with Crippen LogP contribution in [0.5, 0.6) is 0 Å². The number of carbonyl (C=O) groups is 1. The van der Waals surface area contributed by atoms with Crippen LogP contribution in [0, 0.1) is 0 Å². The smallest absolute Gasteiger partial charge is 0.317 e. The Labute approximate surface area is 129 Å². The van der Waals surface area contributed by atoms with Crippen molar-refractivity contribution >= 4 is 17.4 Å². The van der Waals surface area contributed by atoms with Gasteiger partial charge in [0, 0.05) is 19.1 Å². The number of nitrogens with one attached hydrogen (secondary N) is 1. The van der Waals surface area contributed by atoms with E-state index < -0.39 is 0 Å². The van der Waals surface area contributed by atoms with Crippen LogP contribution in [0.3, 0.4) is 0 Å². The quantitative estimate of drug-likeness (QED) is 0.925. The van der Waals surface area contributed by atoms with Crippen LogP contribution in [-0.2, 0) is 19.4 Å². The molecule has 2 amide bonds. The summed E-state index contributed by atoms with van der Waals surface area (Å²) >= 11 is 1.70. The maximum atomic E-state index is 12.4. The van der Waals surface area contributed by atoms with E-state index in [1.54, 1.807) is 11.3 Å². The molecule has 0 spiro atoms. The Hall–Kier alpha value is -1.81. The largest absolute Gasteiger partial charge is 0.335 e. The molecule has 1 N–H and O–H groups in total. The van der Waals surface area contributed by atoms with Gasteiger partial charge in [0.15, 0.2) is 0 Å². The summed E-state index contributed by atoms with van der Waals surface area (Å²) < 4.78 is 0. The zero-order chi connectivity index (χ0) is 14.7. The summed E-state index contributed by atoms with van der Waals surface area (Å²) in [4.78, 5) is 14.3. The second-order valence-electron chi connectivity index (χ2n) is 5.63. The Kier molecular flexibility index (Phi) is 4.25. The molecule has 1 aliphatic heterocycles. The SMILES string of the molecule is C[C@@H](Cc1ccsc1)NC(=O)N1CCc2ccccc2C1. The summed E-state index contributed by atoms with van der Waals surface area (Å²) in [6.45, 7) is 3.58. The monoisotopic (exact) mass is 300 g/mol. The van der Waals surface area contributed by atoms with Crippen LogP contribution in [0.4, 0.5) is 4.79 Å². The van der Waals surface area contributed by atoms with Crippen LogP contribution in [-0.4, -0.2) is 23.5 Å². The predicted octanol–water partition coefficient (Wildman–Crippen LogP) is 3.45. The first kappa shape index (κ1) is 14.1. The van der Waals surface area contributed by atoms with Gasteiger partial charge in [0.05, 0.1) is 0 Å². The number of hydrogen-bond donors (Lipinski definition) is 1. The standard InChI is InChI=1S/C17H20N2OS/c1-13(10-14-7-9-21-12-14)18-17(20)19-8-6-15-4-2-3-5-16(15)11-19/h2-5,7,9,12-13H,6,8,10-11H2,1H3,(H,18,20)/t13-/m0/s1. The van der Waals surface area contributed by atoms with Crippen LogP contribution < -0.4 is 5.32 Å². The molecule has 2 aromatic rings. The van der Waals surface area contributed by atoms with Crippen molar-refractivity contribution < 1.29 is 4.79 Å². The number of fused-ring (bicyclic) bond motifs is 1. The number of hydrogen-bond acceptors (Lipinski definition) is 2. The molecule has 110 valence electrons. The Morgan fingerprint density at radius 2 is 2.14 bits per heavy atom. The lowest BCUT2D eigenvalue weighted by molar-refractivity contribution is 0.189. The van der Waals surface area contributed by atoms with Crippen LogP contribution >= 0.6 is 11.3 Å². The molecule has 0 unspecified atom stereocenters. The molecule has 3 rings (SSSR count). The van der Waals surface area contributed by atoms with Gasteiger partial charge in [0.2, 0.25) is 0 Å². The van der Waals surface area contributed by atoms with E-state index in [0.29, 0.717) is 6.54 Å². The van der Waals surface area contributed by atoms with Crippen molar-refractivity contribution in [1.29, 1.82) is 0 Å². The van der Waals surface area contributed by atoms with Crippen LogP contribution in [0.1, 0.15) is 23.6 Å². The molecule has 0 radical (unpaired) electrons. The van der Waals surface area contributed by atoms with Crippen molar-refractivity contribution in [3.8, 4) is 0 Å². The van der Waals surface area contributed by atoms with E-state index in [1.807, 2.05) is 11.0 Å². The molecule has 0 fully saturated rings. The number of benzene rings is 1. The highest BCUT2D eigenvalue weighted by atomic mass is 32.1. The molecule has 2 heterocycles. The number of amides is 2. The van der Waals surface area contributed by atoms with E-state index in [0.717, 1.165) is 19.4 Å². The third-order valence-electron chi connectivity index (χ3n) is 3.91. The number of nitrogens with zero attached hydrogens (tertiary/aromatic N) is 1. The minimum Gasteiger partial charge on any atom is -0.335 e. The Bertz CT molecular complexity index is 609. The first-order valence-corrected chi connectivity index (χ1v) is 8.30. The molecule has 0 saturated heterocycles. The molecule has 0 bridgehead atoms. The zero-order valence-electron chi connectivity index (χ0n) is 12.2. The lowest BCUT2D eigenvalue weighted by atomic mass is 10.0. The van der Waals surface area contributed by atoms with Crippen molar-refractivity contribution in [2.45, 2.75) is 32.4 Å². The third kappa shape index (κ3) is 3.45. The third-order valence-corrected chi connectivity index (χ3v) is 4.64. The van der Waals surface area contributed by atoms with Gasteiger partial charge in [0.25, 0.3) is 0 Å². The average molecular weight is 300 g/mol. The summed E-state index contributed by atoms with van der Waals surface area (Å²) in [7, 11) is 0. The number of thiophene rings is 1. The van der Waals surface area contributed by atoms with Crippen molar-refractivity contribution in [3.05, 3.63) is 57.8 Å². The summed E-state index contributed by atoms with van der Waals surface area (Å²) in [6.07, 6.45) is 1.84. The molecule has 0 aliphatic carbocycles. The van der Waals surface area contributed by atoms with Gasteiger partial charge in [-0.1, -0.05) is 24.3 Å². The zero-order valence-corrected chi connectivity index (χ0v) is 13.0. The van der Waals surface area contributed by atoms with E-state index in [9.17, 15) is 4.79 Å². The van der Waals surface area contributed by atoms with Crippen LogP contribution in [0.2, 0.25) is 0 Å². The van der Waals surface area contributed by atoms with E-state index in [4.69, 9.17) is 0 Å². The maximum absolute atomic E-state index is 12.4. The lowest BCUT2D eigenvalue weighted by Crippen LogP contribution is -2.46. The highest BCUT2D eigenvalue weighted by Crippen LogP contribution is 2.18. The predicted molar refractivity (Wildman–Crippen MR) is 86.6 cm³/mol. The summed E-state index contributed by atoms with van der Waals surface area (Å²) in [5.41, 5.74) is 3.93. The Morgan fingerprint density at radius 3 is 2.90 bits per heavy atom. The van der Waals surface area contributed by atoms with Crippen LogP contribution in [0.25, 0.3) is 0 Å². The van der Waals surface area contributed by atoms with Crippen molar-refractivity contribution in [3.63, 3.8) is 0 Å². The highest BCUT2D eigenvalue weighted by Gasteiger charge is 2.21. The molecule has 1 aliphatic rings. The molecule has 1 atom stereocenters. The van der Waals surface area contributed by atoms with Gasteiger partial charge in [-0.15, -0.1) is 0 Å². The van der Waals surface area contributed by atoms with Gasteiger partial charge in [-0.3, -0.25) is 0 Å². The molecule has 21 heavy (non-hydrogen) atoms. The molecule has 1 aromatic carbocycles. The van der Waals surface area contributed by atoms with Gasteiger partial charge >= 0.3 is 6.03 Å². The fourth-order valence-electron chi connectivity index (χ4n) is 2.78. The molecule has 4 heteroatoms. The van der Waals surface area contributed by atoms with Gasteiger partial charge in [-0.05, 0) is 53.3 Å². The lowest BCUT2D eigenvalue weighted by Gasteiger charge is -2.30. The Morgan fingerprint density at radius 1 is 1.33 bits per heavy atom. The summed E-state index contributed by atoms with van der Waals surface area (Å²) in [6, 6.07) is 10.7. The second-order valence-corrected chi connectivity index (χ2v) is 6.41. The summed E-state index contributed by atoms with van der Waals surface area (Å²) in [5, 5.41) is 7.32. The first-order valence-electron chi connectivity index (χ1n) is 7.35. The highest BCUT2D eigenvalue weighted by molar-refractivity contribution is 7.07. The number of carbonyl (C=O) groups excluding carboxylic acids is 1. The van der Waals surface area contributed by atoms with Crippen molar-refractivity contribution in [2.24, 2.45) is 0 Å². The fourth-order valence-corrected chi connectivity index (χ4v) is 3.47. The molecule has 1 aromatic heterocycles. The van der Waals surface area contributed by atoms with Gasteiger partial charge in [-0.2, -0.15) is 11.3 Å². The summed E-state index contributed by atoms with van der Waals surface area (Å²) in [5.74, 6) is 0. The number of rotatable bonds is 3. The first-order chi connectivity index (χ1) is 10.2. The van der Waals surface area contributed by atoms with Gasteiger partial charge in [0.1, 0.15) is 0 Å². The average Bonchev–Trinajstić information content (AvgIpc) is 2.99. The number of urea groups is 1. The minimum atomic E-state index is 0.0484. The molecule has 3 nitrogen and oxygen atoms in total. The van der Waals surface area contributed by atoms with E-state index >= 15 is 0 Å². The van der Waals surface area contributed by atoms with Crippen molar-refractivity contribution in [2.75, 3.05) is 6.54 Å². The van der Waals surface area contributed by atoms with E-state index in [1.165, 1.54) is 16.7 Å². The topological polar surface area (TPSA) is 32.3 Å². The van der Waals surface area contributed by atoms with E-state index in [2.05, 4.69) is 47.3 Å². The Balaban J connectivity index is 1.56. The minimum absolute atomic E-state index is 0.0484. The van der Waals surface area contributed by atoms with Crippen LogP contribution in [0.15, 0.2) is 41.1 Å².